The van der Waals surface area contributed by atoms with Crippen molar-refractivity contribution in [3.05, 3.63) is 42.0 Å². The van der Waals surface area contributed by atoms with E-state index in [-0.39, 0.29) is 18.3 Å². The molecule has 0 spiro atoms. The molecule has 0 aliphatic carbocycles. The molecule has 1 amide bonds. The van der Waals surface area contributed by atoms with Crippen LogP contribution >= 0.6 is 11.8 Å². The number of likely N-dealkylation sites (tertiary alicyclic amines) is 1. The van der Waals surface area contributed by atoms with Gasteiger partial charge in [0.15, 0.2) is 0 Å². The summed E-state index contributed by atoms with van der Waals surface area (Å²) in [6, 6.07) is 11.8. The van der Waals surface area contributed by atoms with Crippen LogP contribution in [0, 0.1) is 0 Å². The van der Waals surface area contributed by atoms with E-state index >= 15 is 0 Å². The van der Waals surface area contributed by atoms with Crippen molar-refractivity contribution in [2.24, 2.45) is 0 Å². The maximum atomic E-state index is 13.0. The van der Waals surface area contributed by atoms with Crippen LogP contribution in [0.2, 0.25) is 0 Å². The molecule has 2 aromatic rings. The Morgan fingerprint density at radius 3 is 2.50 bits per heavy atom. The number of ether oxygens (including phenoxy) is 2. The van der Waals surface area contributed by atoms with E-state index in [0.717, 1.165) is 56.0 Å². The summed E-state index contributed by atoms with van der Waals surface area (Å²) in [4.78, 5) is 34.6. The number of aromatic nitrogens is 1. The number of thioether (sulfide) groups is 1. The molecule has 1 aromatic carbocycles. The van der Waals surface area contributed by atoms with Gasteiger partial charge in [0.2, 0.25) is 5.91 Å². The van der Waals surface area contributed by atoms with Crippen molar-refractivity contribution in [1.29, 1.82) is 0 Å². The number of rotatable bonds is 7. The summed E-state index contributed by atoms with van der Waals surface area (Å²) in [5.41, 5.74) is 2.12. The Bertz CT molecular complexity index is 942. The van der Waals surface area contributed by atoms with Crippen LogP contribution in [0.1, 0.15) is 30.1 Å². The molecule has 3 heterocycles. The first-order chi connectivity index (χ1) is 15.7. The molecule has 7 nitrogen and oxygen atoms in total. The highest BCUT2D eigenvalue weighted by Crippen LogP contribution is 2.35. The van der Waals surface area contributed by atoms with Gasteiger partial charge in [0.05, 0.1) is 31.1 Å². The van der Waals surface area contributed by atoms with Crippen molar-refractivity contribution >= 4 is 29.5 Å². The highest BCUT2D eigenvalue weighted by atomic mass is 32.2. The summed E-state index contributed by atoms with van der Waals surface area (Å²) >= 11 is 1.32. The summed E-state index contributed by atoms with van der Waals surface area (Å²) in [5.74, 6) is 0.710. The van der Waals surface area contributed by atoms with Gasteiger partial charge in [-0.15, -0.1) is 0 Å². The number of anilines is 1. The number of carbonyl (C=O) groups is 2. The number of hydrogen-bond donors (Lipinski definition) is 0. The van der Waals surface area contributed by atoms with Crippen molar-refractivity contribution in [2.75, 3.05) is 56.7 Å². The predicted octanol–water partition coefficient (Wildman–Crippen LogP) is 3.48. The highest BCUT2D eigenvalue weighted by molar-refractivity contribution is 8.00. The molecule has 0 radical (unpaired) electrons. The van der Waals surface area contributed by atoms with Gasteiger partial charge in [-0.05, 0) is 31.4 Å². The van der Waals surface area contributed by atoms with Crippen molar-refractivity contribution in [2.45, 2.75) is 24.8 Å². The van der Waals surface area contributed by atoms with Gasteiger partial charge in [0.1, 0.15) is 10.8 Å². The van der Waals surface area contributed by atoms with Crippen LogP contribution in [0.4, 0.5) is 5.82 Å². The summed E-state index contributed by atoms with van der Waals surface area (Å²) < 4.78 is 10.9. The van der Waals surface area contributed by atoms with Gasteiger partial charge in [-0.25, -0.2) is 9.78 Å². The smallest absolute Gasteiger partial charge is 0.341 e. The Morgan fingerprint density at radius 2 is 1.81 bits per heavy atom. The van der Waals surface area contributed by atoms with Gasteiger partial charge in [-0.1, -0.05) is 42.1 Å². The molecule has 8 heteroatoms. The quantitative estimate of drug-likeness (QED) is 0.468. The summed E-state index contributed by atoms with van der Waals surface area (Å²) in [7, 11) is 0. The molecule has 2 aliphatic heterocycles. The molecule has 2 saturated heterocycles. The molecule has 1 aromatic heterocycles. The molecule has 0 atom stereocenters. The lowest BCUT2D eigenvalue weighted by atomic mass is 10.0. The zero-order chi connectivity index (χ0) is 22.3. The van der Waals surface area contributed by atoms with Crippen LogP contribution in [0.3, 0.4) is 0 Å². The van der Waals surface area contributed by atoms with E-state index in [9.17, 15) is 9.59 Å². The van der Waals surface area contributed by atoms with E-state index in [1.165, 1.54) is 11.8 Å². The normalized spacial score (nSPS) is 16.3. The van der Waals surface area contributed by atoms with Crippen LogP contribution in [-0.2, 0) is 14.3 Å². The zero-order valence-corrected chi connectivity index (χ0v) is 19.2. The number of benzene rings is 1. The number of hydrogen-bond acceptors (Lipinski definition) is 7. The van der Waals surface area contributed by atoms with Crippen molar-refractivity contribution < 1.29 is 19.1 Å². The summed E-state index contributed by atoms with van der Waals surface area (Å²) in [6.07, 6.45) is 2.10. The second-order valence-electron chi connectivity index (χ2n) is 7.77. The second-order valence-corrected chi connectivity index (χ2v) is 8.73. The first kappa shape index (κ1) is 22.6. The number of esters is 1. The first-order valence-electron chi connectivity index (χ1n) is 11.2. The van der Waals surface area contributed by atoms with Crippen molar-refractivity contribution in [1.82, 2.24) is 9.88 Å². The molecule has 0 bridgehead atoms. The number of pyridine rings is 1. The maximum absolute atomic E-state index is 13.0. The van der Waals surface area contributed by atoms with Gasteiger partial charge in [-0.3, -0.25) is 4.79 Å². The summed E-state index contributed by atoms with van der Waals surface area (Å²) in [6.45, 7) is 6.42. The number of nitrogens with zero attached hydrogens (tertiary/aromatic N) is 3. The molecular weight excluding hydrogens is 426 g/mol. The Balaban J connectivity index is 1.74. The molecule has 0 unspecified atom stereocenters. The fourth-order valence-electron chi connectivity index (χ4n) is 4.00. The zero-order valence-electron chi connectivity index (χ0n) is 18.4. The molecule has 0 N–H and O–H groups in total. The summed E-state index contributed by atoms with van der Waals surface area (Å²) in [5, 5.41) is 0.541. The Labute approximate surface area is 193 Å². The molecule has 0 saturated carbocycles. The Hall–Kier alpha value is -2.58. The van der Waals surface area contributed by atoms with Crippen LogP contribution in [-0.4, -0.2) is 73.5 Å². The van der Waals surface area contributed by atoms with Gasteiger partial charge in [0.25, 0.3) is 0 Å². The van der Waals surface area contributed by atoms with E-state index < -0.39 is 5.97 Å². The number of amides is 1. The topological polar surface area (TPSA) is 72.0 Å². The second kappa shape index (κ2) is 10.8. The Kier molecular flexibility index (Phi) is 7.65. The highest BCUT2D eigenvalue weighted by Gasteiger charge is 2.26. The predicted molar refractivity (Wildman–Crippen MR) is 125 cm³/mol. The molecule has 2 aliphatic rings. The van der Waals surface area contributed by atoms with Gasteiger partial charge in [0, 0.05) is 31.7 Å². The minimum absolute atomic E-state index is 0.0853. The Morgan fingerprint density at radius 1 is 1.09 bits per heavy atom. The van der Waals surface area contributed by atoms with Crippen LogP contribution in [0.5, 0.6) is 0 Å². The maximum Gasteiger partial charge on any atom is 0.341 e. The van der Waals surface area contributed by atoms with Crippen LogP contribution in [0.15, 0.2) is 41.4 Å². The molecular formula is C24H29N3O4S. The molecule has 170 valence electrons. The number of carbonyl (C=O) groups excluding carboxylic acids is 2. The lowest BCUT2D eigenvalue weighted by Crippen LogP contribution is -2.37. The average molecular weight is 456 g/mol. The third kappa shape index (κ3) is 5.24. The van der Waals surface area contributed by atoms with E-state index in [2.05, 4.69) is 4.90 Å². The molecule has 2 fully saturated rings. The fraction of sp³-hybridized carbons (Fsp3) is 0.458. The van der Waals surface area contributed by atoms with Crippen molar-refractivity contribution in [3.63, 3.8) is 0 Å². The van der Waals surface area contributed by atoms with Crippen LogP contribution < -0.4 is 4.90 Å². The SMILES string of the molecule is CCOC(=O)c1c(-c2ccccc2)cc(N2CCOCC2)nc1SCC(=O)N1CCCC1. The lowest BCUT2D eigenvalue weighted by molar-refractivity contribution is -0.127. The number of morpholine rings is 1. The van der Waals surface area contributed by atoms with E-state index in [0.29, 0.717) is 23.8 Å². The molecule has 32 heavy (non-hydrogen) atoms. The average Bonchev–Trinajstić information content (AvgIpc) is 3.38. The van der Waals surface area contributed by atoms with E-state index in [1.807, 2.05) is 41.3 Å². The third-order valence-electron chi connectivity index (χ3n) is 5.66. The van der Waals surface area contributed by atoms with E-state index in [4.69, 9.17) is 14.5 Å². The monoisotopic (exact) mass is 455 g/mol. The lowest BCUT2D eigenvalue weighted by Gasteiger charge is -2.29. The van der Waals surface area contributed by atoms with Gasteiger partial charge >= 0.3 is 5.97 Å². The minimum Gasteiger partial charge on any atom is -0.462 e. The van der Waals surface area contributed by atoms with Crippen molar-refractivity contribution in [3.8, 4) is 11.1 Å². The largest absolute Gasteiger partial charge is 0.462 e. The van der Waals surface area contributed by atoms with Crippen LogP contribution in [0.25, 0.3) is 11.1 Å². The third-order valence-corrected chi connectivity index (χ3v) is 6.62. The first-order valence-corrected chi connectivity index (χ1v) is 12.2. The minimum atomic E-state index is -0.413. The fourth-order valence-corrected chi connectivity index (χ4v) is 4.94. The van der Waals surface area contributed by atoms with Gasteiger partial charge in [-0.2, -0.15) is 0 Å². The van der Waals surface area contributed by atoms with E-state index in [1.54, 1.807) is 6.92 Å². The van der Waals surface area contributed by atoms with Gasteiger partial charge < -0.3 is 19.3 Å². The molecule has 4 rings (SSSR count). The standard InChI is InChI=1S/C24H29N3O4S/c1-2-31-24(29)22-19(18-8-4-3-5-9-18)16-20(26-12-14-30-15-13-26)25-23(22)32-17-21(28)27-10-6-7-11-27/h3-5,8-9,16H,2,6-7,10-15,17H2,1H3.